The summed E-state index contributed by atoms with van der Waals surface area (Å²) in [6.45, 7) is 16.5. The highest BCUT2D eigenvalue weighted by molar-refractivity contribution is 6.48. The third-order valence-electron chi connectivity index (χ3n) is 14.6. The maximum Gasteiger partial charge on any atom is 0.266 e. The third-order valence-corrected chi connectivity index (χ3v) is 14.6. The molecule has 8 nitrogen and oxygen atoms in total. The number of hydrogen-bond donors (Lipinski definition) is 0. The Morgan fingerprint density at radius 3 is 0.971 bits per heavy atom. The van der Waals surface area contributed by atoms with Crippen molar-refractivity contribution in [3.63, 3.8) is 0 Å². The molecule has 0 saturated carbocycles. The molecule has 9 aromatic rings. The Hall–Kier alpha value is -8.46. The molecule has 0 unspecified atom stereocenters. The number of carbonyl (C=O) groups excluding carboxylic acids is 4. The zero-order valence-corrected chi connectivity index (χ0v) is 40.3. The Kier molecular flexibility index (Phi) is 10.1. The molecular weight excluding hydrogens is 865 g/mol. The van der Waals surface area contributed by atoms with Crippen LogP contribution < -0.4 is 9.80 Å². The van der Waals surface area contributed by atoms with Gasteiger partial charge in [0.05, 0.1) is 34.6 Å². The molecule has 0 aliphatic carbocycles. The first-order chi connectivity index (χ1) is 33.7. The largest absolute Gasteiger partial charge is 0.268 e. The molecule has 0 bridgehead atoms. The van der Waals surface area contributed by atoms with E-state index in [4.69, 9.17) is 0 Å². The first kappa shape index (κ1) is 44.1. The van der Waals surface area contributed by atoms with Gasteiger partial charge in [-0.3, -0.25) is 19.2 Å². The number of anilines is 2. The minimum absolute atomic E-state index is 0.00702. The number of nitriles is 2. The van der Waals surface area contributed by atoms with Crippen LogP contribution in [-0.2, 0) is 0 Å². The Bertz CT molecular complexity index is 3580. The molecule has 2 aliphatic rings. The molecule has 70 heavy (non-hydrogen) atoms. The molecule has 0 saturated heterocycles. The van der Waals surface area contributed by atoms with Gasteiger partial charge in [-0.05, 0) is 149 Å². The minimum Gasteiger partial charge on any atom is -0.268 e. The zero-order valence-electron chi connectivity index (χ0n) is 40.3. The second-order valence-corrected chi connectivity index (χ2v) is 20.0. The normalized spacial score (nSPS) is 13.7. The summed E-state index contributed by atoms with van der Waals surface area (Å²) in [6.07, 6.45) is 0. The van der Waals surface area contributed by atoms with Crippen LogP contribution in [0.15, 0.2) is 121 Å². The van der Waals surface area contributed by atoms with Crippen molar-refractivity contribution in [2.45, 2.75) is 79.1 Å². The number of imide groups is 2. The molecule has 340 valence electrons. The summed E-state index contributed by atoms with van der Waals surface area (Å²) >= 11 is 0. The second kappa shape index (κ2) is 16.1. The van der Waals surface area contributed by atoms with E-state index in [0.717, 1.165) is 54.9 Å². The van der Waals surface area contributed by atoms with E-state index in [1.165, 1.54) is 9.80 Å². The van der Waals surface area contributed by atoms with Gasteiger partial charge in [0.25, 0.3) is 23.6 Å². The standard InChI is InChI=1S/C62H48N4O4/c1-31(2)39-11-9-12-40(32(3)4)57(39)65-59(67)45-25-23-43-52-48(38-21-17-36(30-64)18-22-38)28-50-54-46(60(68)66(62(50)70)58-41(33(5)6)13-10-14-42(58)34(7)8)26-24-44(56(52)54)51-47(37-19-15-35(29-63)16-20-37)27-49(61(65)69)53(45)55(43)51/h9-28,31-34H,1-8H3. The summed E-state index contributed by atoms with van der Waals surface area (Å²) in [7, 11) is 0. The average Bonchev–Trinajstić information content (AvgIpc) is 3.36. The van der Waals surface area contributed by atoms with Gasteiger partial charge in [-0.15, -0.1) is 0 Å². The Morgan fingerprint density at radius 2 is 0.671 bits per heavy atom. The van der Waals surface area contributed by atoms with Crippen LogP contribution in [0, 0.1) is 22.7 Å². The average molecular weight is 913 g/mol. The summed E-state index contributed by atoms with van der Waals surface area (Å²) in [4.78, 5) is 64.7. The second-order valence-electron chi connectivity index (χ2n) is 20.0. The van der Waals surface area contributed by atoms with E-state index in [9.17, 15) is 10.5 Å². The van der Waals surface area contributed by atoms with Crippen molar-refractivity contribution in [2.75, 3.05) is 9.80 Å². The lowest BCUT2D eigenvalue weighted by atomic mass is 9.77. The molecule has 8 heteroatoms. The molecule has 2 aliphatic heterocycles. The Labute approximate surface area is 406 Å². The predicted octanol–water partition coefficient (Wildman–Crippen LogP) is 14.9. The molecule has 0 radical (unpaired) electrons. The number of benzene rings is 9. The fourth-order valence-corrected chi connectivity index (χ4v) is 11.3. The van der Waals surface area contributed by atoms with Gasteiger partial charge in [-0.2, -0.15) is 10.5 Å². The molecule has 9 aromatic carbocycles. The van der Waals surface area contributed by atoms with Crippen molar-refractivity contribution in [2.24, 2.45) is 0 Å². The number of hydrogen-bond acceptors (Lipinski definition) is 6. The molecule has 0 spiro atoms. The van der Waals surface area contributed by atoms with Crippen LogP contribution >= 0.6 is 0 Å². The van der Waals surface area contributed by atoms with Crippen LogP contribution in [-0.4, -0.2) is 23.6 Å². The van der Waals surface area contributed by atoms with Gasteiger partial charge < -0.3 is 0 Å². The van der Waals surface area contributed by atoms with Crippen LogP contribution in [0.4, 0.5) is 11.4 Å². The predicted molar refractivity (Wildman–Crippen MR) is 279 cm³/mol. The van der Waals surface area contributed by atoms with E-state index in [-0.39, 0.29) is 23.7 Å². The van der Waals surface area contributed by atoms with E-state index in [0.29, 0.717) is 77.4 Å². The monoisotopic (exact) mass is 912 g/mol. The number of para-hydroxylation sites is 2. The zero-order chi connectivity index (χ0) is 49.2. The molecule has 11 rings (SSSR count). The minimum atomic E-state index is -0.437. The van der Waals surface area contributed by atoms with E-state index >= 15 is 19.2 Å². The van der Waals surface area contributed by atoms with Crippen LogP contribution in [0.2, 0.25) is 0 Å². The van der Waals surface area contributed by atoms with Crippen LogP contribution in [0.3, 0.4) is 0 Å². The summed E-state index contributed by atoms with van der Waals surface area (Å²) in [5, 5.41) is 25.2. The maximum atomic E-state index is 15.6. The number of amides is 4. The fraction of sp³-hybridized carbons (Fsp3) is 0.194. The SMILES string of the molecule is CC(C)c1cccc(C(C)C)c1N1C(=O)c2ccc3c4c(-c5ccc(C#N)cc5)cc5c6c(ccc(c7c(-c8ccc(C#N)cc8)cc(c2c37)C1=O)c64)C(=O)N(c1c(C(C)C)cccc1C(C)C)C5=O. The van der Waals surface area contributed by atoms with Gasteiger partial charge >= 0.3 is 0 Å². The highest BCUT2D eigenvalue weighted by Gasteiger charge is 2.42. The van der Waals surface area contributed by atoms with Crippen molar-refractivity contribution in [1.82, 2.24) is 0 Å². The van der Waals surface area contributed by atoms with E-state index < -0.39 is 23.6 Å². The van der Waals surface area contributed by atoms with E-state index in [1.807, 2.05) is 97.1 Å². The van der Waals surface area contributed by atoms with E-state index in [1.54, 1.807) is 24.3 Å². The molecular formula is C62H48N4O4. The lowest BCUT2D eigenvalue weighted by Gasteiger charge is -2.34. The van der Waals surface area contributed by atoms with Gasteiger partial charge in [0.2, 0.25) is 0 Å². The van der Waals surface area contributed by atoms with Gasteiger partial charge in [0.1, 0.15) is 0 Å². The van der Waals surface area contributed by atoms with Crippen molar-refractivity contribution < 1.29 is 19.2 Å². The molecule has 0 fully saturated rings. The van der Waals surface area contributed by atoms with E-state index in [2.05, 4.69) is 67.5 Å². The summed E-state index contributed by atoms with van der Waals surface area (Å²) < 4.78 is 0. The smallest absolute Gasteiger partial charge is 0.266 e. The number of rotatable bonds is 8. The van der Waals surface area contributed by atoms with Crippen LogP contribution in [0.25, 0.3) is 65.3 Å². The highest BCUT2D eigenvalue weighted by atomic mass is 16.2. The number of fused-ring (bicyclic) bond motifs is 2. The fourth-order valence-electron chi connectivity index (χ4n) is 11.3. The molecule has 4 amide bonds. The van der Waals surface area contributed by atoms with Crippen molar-refractivity contribution >= 4 is 78.1 Å². The quantitative estimate of drug-likeness (QED) is 0.0850. The summed E-state index contributed by atoms with van der Waals surface area (Å²) in [6, 6.07) is 42.2. The number of nitrogens with zero attached hydrogens (tertiary/aromatic N) is 4. The lowest BCUT2D eigenvalue weighted by Crippen LogP contribution is -2.42. The Morgan fingerprint density at radius 1 is 0.357 bits per heavy atom. The van der Waals surface area contributed by atoms with Crippen molar-refractivity contribution in [3.8, 4) is 34.4 Å². The maximum absolute atomic E-state index is 15.6. The van der Waals surface area contributed by atoms with Gasteiger partial charge in [-0.1, -0.05) is 128 Å². The third kappa shape index (κ3) is 6.19. The van der Waals surface area contributed by atoms with Gasteiger partial charge in [-0.25, -0.2) is 9.80 Å². The lowest BCUT2D eigenvalue weighted by molar-refractivity contribution is 0.0877. The topological polar surface area (TPSA) is 122 Å². The summed E-state index contributed by atoms with van der Waals surface area (Å²) in [5.74, 6) is -1.68. The van der Waals surface area contributed by atoms with Gasteiger partial charge in [0.15, 0.2) is 0 Å². The summed E-state index contributed by atoms with van der Waals surface area (Å²) in [5.41, 5.74) is 10.1. The number of carbonyl (C=O) groups is 4. The van der Waals surface area contributed by atoms with Crippen LogP contribution in [0.5, 0.6) is 0 Å². The Balaban J connectivity index is 1.30. The van der Waals surface area contributed by atoms with Gasteiger partial charge in [0, 0.05) is 33.0 Å². The van der Waals surface area contributed by atoms with Crippen molar-refractivity contribution in [1.29, 1.82) is 10.5 Å². The molecule has 2 heterocycles. The molecule has 0 N–H and O–H groups in total. The first-order valence-corrected chi connectivity index (χ1v) is 24.0. The van der Waals surface area contributed by atoms with Crippen molar-refractivity contribution in [3.05, 3.63) is 177 Å². The highest BCUT2D eigenvalue weighted by Crippen LogP contribution is 2.53. The molecule has 0 atom stereocenters. The van der Waals surface area contributed by atoms with Crippen LogP contribution in [0.1, 0.15) is 154 Å². The molecule has 0 aromatic heterocycles. The first-order valence-electron chi connectivity index (χ1n) is 24.0.